The Morgan fingerprint density at radius 1 is 0.475 bits per heavy atom. The number of esters is 1. The second kappa shape index (κ2) is 48.8. The van der Waals surface area contributed by atoms with Gasteiger partial charge in [-0.15, -0.1) is 0 Å². The lowest BCUT2D eigenvalue weighted by Crippen LogP contribution is -2.46. The van der Waals surface area contributed by atoms with Crippen molar-refractivity contribution in [3.63, 3.8) is 0 Å². The smallest absolute Gasteiger partial charge is 0.306 e. The molecule has 0 spiro atoms. The van der Waals surface area contributed by atoms with E-state index >= 15 is 0 Å². The van der Waals surface area contributed by atoms with Gasteiger partial charge in [0.05, 0.1) is 25.2 Å². The number of carbonyl (C=O) groups excluding carboxylic acids is 2. The van der Waals surface area contributed by atoms with Crippen LogP contribution in [-0.2, 0) is 14.3 Å². The van der Waals surface area contributed by atoms with E-state index in [0.29, 0.717) is 19.3 Å². The lowest BCUT2D eigenvalue weighted by molar-refractivity contribution is -0.151. The van der Waals surface area contributed by atoms with Crippen molar-refractivity contribution in [2.75, 3.05) is 6.61 Å². The van der Waals surface area contributed by atoms with Crippen molar-refractivity contribution in [1.82, 2.24) is 5.32 Å². The highest BCUT2D eigenvalue weighted by Gasteiger charge is 2.24. The maximum Gasteiger partial charge on any atom is 0.306 e. The Morgan fingerprint density at radius 2 is 0.836 bits per heavy atom. The molecule has 3 N–H and O–H groups in total. The molecule has 0 aliphatic heterocycles. The minimum absolute atomic E-state index is 0.0702. The molecule has 0 aromatic rings. The predicted octanol–water partition coefficient (Wildman–Crippen LogP) is 15.8. The number of allylic oxidation sites excluding steroid dienone is 8. The number of unbranched alkanes of at least 4 members (excludes halogenated alkanes) is 30. The fourth-order valence-electron chi connectivity index (χ4n) is 7.97. The molecule has 0 aliphatic rings. The molecule has 6 nitrogen and oxygen atoms in total. The van der Waals surface area contributed by atoms with Crippen LogP contribution in [-0.4, -0.2) is 46.9 Å². The lowest BCUT2D eigenvalue weighted by Gasteiger charge is -2.24. The Balaban J connectivity index is 4.59. The average Bonchev–Trinajstić information content (AvgIpc) is 3.25. The first-order chi connectivity index (χ1) is 30.0. The lowest BCUT2D eigenvalue weighted by atomic mass is 10.0. The SMILES string of the molecule is CCCCC/C=C/C=C/C=C/C=C/CCCCCCCC(=O)OC(CCCCCCCCCCCCCCCCC)CC(=O)NC(CO)C(O)CCCCCCCCCCC. The molecule has 0 radical (unpaired) electrons. The molecule has 0 aliphatic carbocycles. The second-order valence-electron chi connectivity index (χ2n) is 18.0. The quantitative estimate of drug-likeness (QED) is 0.0322. The van der Waals surface area contributed by atoms with Crippen LogP contribution in [0.5, 0.6) is 0 Å². The van der Waals surface area contributed by atoms with Gasteiger partial charge >= 0.3 is 5.97 Å². The van der Waals surface area contributed by atoms with Crippen molar-refractivity contribution in [3.8, 4) is 0 Å². The molecule has 0 bridgehead atoms. The zero-order chi connectivity index (χ0) is 44.5. The van der Waals surface area contributed by atoms with Gasteiger partial charge in [-0.25, -0.2) is 0 Å². The van der Waals surface area contributed by atoms with Gasteiger partial charge in [-0.3, -0.25) is 9.59 Å². The minimum atomic E-state index is -0.789. The minimum Gasteiger partial charge on any atom is -0.462 e. The van der Waals surface area contributed by atoms with Crippen molar-refractivity contribution in [2.45, 2.75) is 283 Å². The molecule has 6 heteroatoms. The van der Waals surface area contributed by atoms with E-state index in [9.17, 15) is 19.8 Å². The fraction of sp³-hybridized carbons (Fsp3) is 0.818. The van der Waals surface area contributed by atoms with Gasteiger partial charge in [0, 0.05) is 6.42 Å². The summed E-state index contributed by atoms with van der Waals surface area (Å²) in [6, 6.07) is -0.704. The second-order valence-corrected chi connectivity index (χ2v) is 18.0. The molecule has 0 rings (SSSR count). The van der Waals surface area contributed by atoms with Crippen molar-refractivity contribution in [1.29, 1.82) is 0 Å². The van der Waals surface area contributed by atoms with Crippen LogP contribution in [0.3, 0.4) is 0 Å². The Kier molecular flexibility index (Phi) is 47.1. The summed E-state index contributed by atoms with van der Waals surface area (Å²) in [5, 5.41) is 23.7. The molecule has 0 saturated heterocycles. The van der Waals surface area contributed by atoms with Gasteiger partial charge < -0.3 is 20.3 Å². The van der Waals surface area contributed by atoms with E-state index in [1.165, 1.54) is 141 Å². The van der Waals surface area contributed by atoms with Gasteiger partial charge in [-0.05, 0) is 51.4 Å². The third-order valence-electron chi connectivity index (χ3n) is 12.0. The van der Waals surface area contributed by atoms with Crippen molar-refractivity contribution in [2.24, 2.45) is 0 Å². The number of carbonyl (C=O) groups is 2. The summed E-state index contributed by atoms with van der Waals surface area (Å²) in [4.78, 5) is 26.1. The van der Waals surface area contributed by atoms with Gasteiger partial charge in [0.1, 0.15) is 6.10 Å². The Morgan fingerprint density at radius 3 is 1.30 bits per heavy atom. The predicted molar refractivity (Wildman–Crippen MR) is 264 cm³/mol. The van der Waals surface area contributed by atoms with Gasteiger partial charge in [0.2, 0.25) is 5.91 Å². The number of ether oxygens (including phenoxy) is 1. The van der Waals surface area contributed by atoms with Crippen LogP contribution in [0.2, 0.25) is 0 Å². The number of hydrogen-bond acceptors (Lipinski definition) is 5. The van der Waals surface area contributed by atoms with E-state index in [-0.39, 0.29) is 24.9 Å². The summed E-state index contributed by atoms with van der Waals surface area (Å²) in [7, 11) is 0. The summed E-state index contributed by atoms with van der Waals surface area (Å²) in [6.07, 6.45) is 58.8. The highest BCUT2D eigenvalue weighted by Crippen LogP contribution is 2.18. The third-order valence-corrected chi connectivity index (χ3v) is 12.0. The van der Waals surface area contributed by atoms with E-state index < -0.39 is 18.2 Å². The molecular weight excluding hydrogens is 755 g/mol. The monoisotopic (exact) mass is 856 g/mol. The molecular formula is C55H101NO5. The van der Waals surface area contributed by atoms with Crippen LogP contribution < -0.4 is 5.32 Å². The van der Waals surface area contributed by atoms with Crippen molar-refractivity contribution < 1.29 is 24.5 Å². The zero-order valence-electron chi connectivity index (χ0n) is 40.5. The molecule has 356 valence electrons. The van der Waals surface area contributed by atoms with Gasteiger partial charge in [-0.1, -0.05) is 249 Å². The zero-order valence-corrected chi connectivity index (χ0v) is 40.5. The first-order valence-corrected chi connectivity index (χ1v) is 26.4. The number of aliphatic hydroxyl groups is 2. The van der Waals surface area contributed by atoms with E-state index in [4.69, 9.17) is 4.74 Å². The summed E-state index contributed by atoms with van der Waals surface area (Å²) in [5.41, 5.74) is 0. The molecule has 0 fully saturated rings. The summed E-state index contributed by atoms with van der Waals surface area (Å²) in [5.74, 6) is -0.492. The summed E-state index contributed by atoms with van der Waals surface area (Å²) < 4.78 is 5.93. The van der Waals surface area contributed by atoms with E-state index in [0.717, 1.165) is 77.0 Å². The van der Waals surface area contributed by atoms with Crippen LogP contribution in [0.15, 0.2) is 48.6 Å². The third kappa shape index (κ3) is 44.2. The Labute approximate surface area is 378 Å². The topological polar surface area (TPSA) is 95.9 Å². The fourth-order valence-corrected chi connectivity index (χ4v) is 7.97. The molecule has 0 aromatic heterocycles. The molecule has 3 atom stereocenters. The first-order valence-electron chi connectivity index (χ1n) is 26.4. The number of hydrogen-bond donors (Lipinski definition) is 3. The van der Waals surface area contributed by atoms with Crippen LogP contribution >= 0.6 is 0 Å². The Hall–Kier alpha value is -2.18. The van der Waals surface area contributed by atoms with Crippen LogP contribution in [0, 0.1) is 0 Å². The number of aliphatic hydroxyl groups excluding tert-OH is 2. The largest absolute Gasteiger partial charge is 0.462 e. The van der Waals surface area contributed by atoms with Gasteiger partial charge in [0.15, 0.2) is 0 Å². The molecule has 3 unspecified atom stereocenters. The van der Waals surface area contributed by atoms with Crippen LogP contribution in [0.1, 0.15) is 265 Å². The molecule has 0 saturated carbocycles. The van der Waals surface area contributed by atoms with Gasteiger partial charge in [-0.2, -0.15) is 0 Å². The Bertz CT molecular complexity index is 1050. The summed E-state index contributed by atoms with van der Waals surface area (Å²) >= 11 is 0. The standard InChI is InChI=1S/C55H101NO5/c1-4-7-10-13-16-19-21-23-25-26-27-29-31-33-36-39-42-45-48-55(60)61-51(46-43-40-37-35-32-30-28-24-22-20-17-14-11-8-5-2)49-54(59)56-52(50-57)53(58)47-44-41-38-34-18-15-12-9-6-3/h16,19,21,23,25-27,29,51-53,57-58H,4-15,17-18,20,22,24,28,30-50H2,1-3H3,(H,56,59)/b19-16+,23-21+,26-25+,29-27+. The van der Waals surface area contributed by atoms with E-state index in [1.807, 2.05) is 0 Å². The summed E-state index contributed by atoms with van der Waals surface area (Å²) in [6.45, 7) is 6.44. The highest BCUT2D eigenvalue weighted by molar-refractivity contribution is 5.77. The maximum absolute atomic E-state index is 13.2. The van der Waals surface area contributed by atoms with E-state index in [2.05, 4.69) is 74.7 Å². The van der Waals surface area contributed by atoms with Crippen molar-refractivity contribution in [3.05, 3.63) is 48.6 Å². The van der Waals surface area contributed by atoms with E-state index in [1.54, 1.807) is 0 Å². The highest BCUT2D eigenvalue weighted by atomic mass is 16.5. The van der Waals surface area contributed by atoms with Gasteiger partial charge in [0.25, 0.3) is 0 Å². The normalized spacial score (nSPS) is 13.6. The molecule has 0 heterocycles. The number of nitrogens with one attached hydrogen (secondary N) is 1. The maximum atomic E-state index is 13.2. The number of rotatable bonds is 47. The van der Waals surface area contributed by atoms with Crippen LogP contribution in [0.4, 0.5) is 0 Å². The van der Waals surface area contributed by atoms with Crippen LogP contribution in [0.25, 0.3) is 0 Å². The molecule has 1 amide bonds. The molecule has 0 aromatic carbocycles. The molecule has 61 heavy (non-hydrogen) atoms. The number of amides is 1. The van der Waals surface area contributed by atoms with Crippen molar-refractivity contribution >= 4 is 11.9 Å². The average molecular weight is 856 g/mol. The first kappa shape index (κ1) is 58.8.